The van der Waals surface area contributed by atoms with Crippen LogP contribution in [0.5, 0.6) is 0 Å². The summed E-state index contributed by atoms with van der Waals surface area (Å²) >= 11 is 5.98. The molecule has 0 radical (unpaired) electrons. The average Bonchev–Trinajstić information content (AvgIpc) is 2.52. The number of hydrogen-bond donors (Lipinski definition) is 2. The Bertz CT molecular complexity index is 664. The van der Waals surface area contributed by atoms with E-state index in [0.717, 1.165) is 17.7 Å². The lowest BCUT2D eigenvalue weighted by atomic mass is 10.0. The van der Waals surface area contributed by atoms with Gasteiger partial charge in [0.25, 0.3) is 0 Å². The lowest BCUT2D eigenvalue weighted by Gasteiger charge is -2.19. The first-order chi connectivity index (χ1) is 10.8. The predicted molar refractivity (Wildman–Crippen MR) is 82.1 cm³/mol. The number of benzene rings is 1. The highest BCUT2D eigenvalue weighted by Gasteiger charge is 2.30. The third-order valence-electron chi connectivity index (χ3n) is 3.47. The van der Waals surface area contributed by atoms with Gasteiger partial charge in [0.1, 0.15) is 5.15 Å². The summed E-state index contributed by atoms with van der Waals surface area (Å²) in [5, 5.41) is 13.5. The van der Waals surface area contributed by atoms with Crippen LogP contribution in [0.25, 0.3) is 0 Å². The Morgan fingerprint density at radius 1 is 1.26 bits per heavy atom. The van der Waals surface area contributed by atoms with Crippen LogP contribution in [0.4, 0.5) is 13.2 Å². The van der Waals surface area contributed by atoms with Gasteiger partial charge in [-0.05, 0) is 30.7 Å². The number of aromatic nitrogens is 1. The second kappa shape index (κ2) is 7.29. The molecule has 2 atom stereocenters. The molecule has 124 valence electrons. The van der Waals surface area contributed by atoms with Crippen LogP contribution in [-0.2, 0) is 6.18 Å². The molecule has 0 aliphatic heterocycles. The summed E-state index contributed by atoms with van der Waals surface area (Å²) in [5.41, 5.74) is 0.180. The van der Waals surface area contributed by atoms with Crippen molar-refractivity contribution in [2.75, 3.05) is 6.54 Å². The first-order valence-corrected chi connectivity index (χ1v) is 7.36. The SMILES string of the molecule is CC(NCC(O)c1cccc(C(F)(F)F)c1)c1cccnc1Cl. The monoisotopic (exact) mass is 344 g/mol. The fourth-order valence-electron chi connectivity index (χ4n) is 2.16. The van der Waals surface area contributed by atoms with E-state index in [0.29, 0.717) is 5.15 Å². The van der Waals surface area contributed by atoms with Crippen molar-refractivity contribution < 1.29 is 18.3 Å². The molecule has 2 N–H and O–H groups in total. The number of halogens is 4. The smallest absolute Gasteiger partial charge is 0.387 e. The Morgan fingerprint density at radius 3 is 2.65 bits per heavy atom. The molecular formula is C16H16ClF3N2O. The average molecular weight is 345 g/mol. The van der Waals surface area contributed by atoms with E-state index in [1.807, 2.05) is 6.92 Å². The fraction of sp³-hybridized carbons (Fsp3) is 0.312. The van der Waals surface area contributed by atoms with E-state index in [4.69, 9.17) is 11.6 Å². The minimum atomic E-state index is -4.43. The van der Waals surface area contributed by atoms with Gasteiger partial charge >= 0.3 is 6.18 Å². The van der Waals surface area contributed by atoms with Gasteiger partial charge in [0.05, 0.1) is 11.7 Å². The summed E-state index contributed by atoms with van der Waals surface area (Å²) in [7, 11) is 0. The molecule has 0 saturated carbocycles. The highest BCUT2D eigenvalue weighted by atomic mass is 35.5. The van der Waals surface area contributed by atoms with Gasteiger partial charge < -0.3 is 10.4 Å². The number of nitrogens with zero attached hydrogens (tertiary/aromatic N) is 1. The van der Waals surface area contributed by atoms with Crippen molar-refractivity contribution in [3.8, 4) is 0 Å². The van der Waals surface area contributed by atoms with Crippen molar-refractivity contribution in [2.24, 2.45) is 0 Å². The van der Waals surface area contributed by atoms with Crippen molar-refractivity contribution in [3.05, 3.63) is 64.4 Å². The maximum absolute atomic E-state index is 12.7. The molecule has 1 aromatic heterocycles. The van der Waals surface area contributed by atoms with Gasteiger partial charge in [-0.15, -0.1) is 0 Å². The molecule has 2 rings (SSSR count). The minimum Gasteiger partial charge on any atom is -0.387 e. The Hall–Kier alpha value is -1.63. The summed E-state index contributed by atoms with van der Waals surface area (Å²) in [6.45, 7) is 1.93. The Labute approximate surface area is 137 Å². The van der Waals surface area contributed by atoms with Crippen LogP contribution in [-0.4, -0.2) is 16.6 Å². The van der Waals surface area contributed by atoms with E-state index in [9.17, 15) is 18.3 Å². The lowest BCUT2D eigenvalue weighted by molar-refractivity contribution is -0.137. The molecule has 0 aliphatic carbocycles. The topological polar surface area (TPSA) is 45.1 Å². The van der Waals surface area contributed by atoms with E-state index >= 15 is 0 Å². The molecule has 0 amide bonds. The van der Waals surface area contributed by atoms with Crippen LogP contribution >= 0.6 is 11.6 Å². The van der Waals surface area contributed by atoms with E-state index < -0.39 is 17.8 Å². The zero-order chi connectivity index (χ0) is 17.0. The van der Waals surface area contributed by atoms with E-state index in [1.165, 1.54) is 12.1 Å². The van der Waals surface area contributed by atoms with Crippen LogP contribution in [0.15, 0.2) is 42.6 Å². The molecule has 0 saturated heterocycles. The van der Waals surface area contributed by atoms with E-state index in [2.05, 4.69) is 10.3 Å². The number of aliphatic hydroxyl groups excluding tert-OH is 1. The second-order valence-corrected chi connectivity index (χ2v) is 5.51. The molecular weight excluding hydrogens is 329 g/mol. The van der Waals surface area contributed by atoms with Crippen LogP contribution in [0, 0.1) is 0 Å². The number of nitrogens with one attached hydrogen (secondary N) is 1. The van der Waals surface area contributed by atoms with Gasteiger partial charge in [-0.2, -0.15) is 13.2 Å². The molecule has 0 spiro atoms. The largest absolute Gasteiger partial charge is 0.416 e. The molecule has 23 heavy (non-hydrogen) atoms. The minimum absolute atomic E-state index is 0.0910. The van der Waals surface area contributed by atoms with Crippen molar-refractivity contribution in [2.45, 2.75) is 25.2 Å². The molecule has 2 unspecified atom stereocenters. The molecule has 7 heteroatoms. The van der Waals surface area contributed by atoms with E-state index in [-0.39, 0.29) is 18.2 Å². The standard InChI is InChI=1S/C16H16ClF3N2O/c1-10(13-6-3-7-21-15(13)17)22-9-14(23)11-4-2-5-12(8-11)16(18,19)20/h2-8,10,14,22-23H,9H2,1H3. The summed E-state index contributed by atoms with van der Waals surface area (Å²) in [6, 6.07) is 8.00. The van der Waals surface area contributed by atoms with Crippen molar-refractivity contribution in [3.63, 3.8) is 0 Å². The first kappa shape index (κ1) is 17.7. The lowest BCUT2D eigenvalue weighted by Crippen LogP contribution is -2.25. The maximum Gasteiger partial charge on any atom is 0.416 e. The van der Waals surface area contributed by atoms with Crippen molar-refractivity contribution in [1.29, 1.82) is 0 Å². The van der Waals surface area contributed by atoms with Gasteiger partial charge in [0.15, 0.2) is 0 Å². The summed E-state index contributed by atoms with van der Waals surface area (Å²) < 4.78 is 38.1. The predicted octanol–water partition coefficient (Wildman–Crippen LogP) is 4.14. The molecule has 1 aromatic carbocycles. The van der Waals surface area contributed by atoms with Crippen LogP contribution in [0.3, 0.4) is 0 Å². The van der Waals surface area contributed by atoms with E-state index in [1.54, 1.807) is 18.3 Å². The van der Waals surface area contributed by atoms with Crippen molar-refractivity contribution in [1.82, 2.24) is 10.3 Å². The zero-order valence-corrected chi connectivity index (χ0v) is 13.1. The number of aliphatic hydroxyl groups is 1. The highest BCUT2D eigenvalue weighted by Crippen LogP contribution is 2.30. The van der Waals surface area contributed by atoms with Gasteiger partial charge in [-0.3, -0.25) is 0 Å². The molecule has 0 aliphatic rings. The van der Waals surface area contributed by atoms with Gasteiger partial charge in [0, 0.05) is 24.3 Å². The summed E-state index contributed by atoms with van der Waals surface area (Å²) in [4.78, 5) is 3.96. The summed E-state index contributed by atoms with van der Waals surface area (Å²) in [5.74, 6) is 0. The molecule has 3 nitrogen and oxygen atoms in total. The molecule has 0 fully saturated rings. The Balaban J connectivity index is 2.02. The Morgan fingerprint density at radius 2 is 2.00 bits per heavy atom. The highest BCUT2D eigenvalue weighted by molar-refractivity contribution is 6.30. The molecule has 2 aromatic rings. The van der Waals surface area contributed by atoms with Gasteiger partial charge in [-0.25, -0.2) is 4.98 Å². The number of hydrogen-bond acceptors (Lipinski definition) is 3. The normalized spacial score (nSPS) is 14.5. The van der Waals surface area contributed by atoms with Gasteiger partial charge in [0.2, 0.25) is 0 Å². The van der Waals surface area contributed by atoms with Crippen LogP contribution in [0.1, 0.15) is 35.8 Å². The number of pyridine rings is 1. The third kappa shape index (κ3) is 4.67. The second-order valence-electron chi connectivity index (χ2n) is 5.15. The fourth-order valence-corrected chi connectivity index (χ4v) is 2.44. The zero-order valence-electron chi connectivity index (χ0n) is 12.3. The first-order valence-electron chi connectivity index (χ1n) is 6.98. The Kier molecular flexibility index (Phi) is 5.62. The quantitative estimate of drug-likeness (QED) is 0.801. The summed E-state index contributed by atoms with van der Waals surface area (Å²) in [6.07, 6.45) is -3.93. The van der Waals surface area contributed by atoms with Crippen LogP contribution in [0.2, 0.25) is 5.15 Å². The number of alkyl halides is 3. The molecule has 1 heterocycles. The molecule has 0 bridgehead atoms. The van der Waals surface area contributed by atoms with Gasteiger partial charge in [-0.1, -0.05) is 29.8 Å². The maximum atomic E-state index is 12.7. The van der Waals surface area contributed by atoms with Crippen LogP contribution < -0.4 is 5.32 Å². The third-order valence-corrected chi connectivity index (χ3v) is 3.79. The number of rotatable bonds is 5. The van der Waals surface area contributed by atoms with Crippen molar-refractivity contribution >= 4 is 11.6 Å².